The van der Waals surface area contributed by atoms with Crippen LogP contribution in [-0.4, -0.2) is 12.5 Å². The van der Waals surface area contributed by atoms with Crippen LogP contribution in [-0.2, 0) is 10.8 Å². The molecular formula is C18H27ClO. The molecule has 0 spiro atoms. The number of benzene rings is 1. The maximum absolute atomic E-state index is 5.89. The van der Waals surface area contributed by atoms with E-state index in [1.165, 1.54) is 11.1 Å². The first kappa shape index (κ1) is 17.1. The van der Waals surface area contributed by atoms with Crippen LogP contribution in [0.1, 0.15) is 52.7 Å². The van der Waals surface area contributed by atoms with Gasteiger partial charge < -0.3 is 4.74 Å². The molecule has 0 aliphatic heterocycles. The van der Waals surface area contributed by atoms with Gasteiger partial charge in [0.25, 0.3) is 0 Å². The summed E-state index contributed by atoms with van der Waals surface area (Å²) in [5.41, 5.74) is 2.80. The molecule has 0 saturated heterocycles. The van der Waals surface area contributed by atoms with Gasteiger partial charge in [-0.25, -0.2) is 0 Å². The maximum atomic E-state index is 5.89. The van der Waals surface area contributed by atoms with Gasteiger partial charge >= 0.3 is 0 Å². The molecule has 0 saturated carbocycles. The van der Waals surface area contributed by atoms with Crippen LogP contribution in [0, 0.1) is 0 Å². The summed E-state index contributed by atoms with van der Waals surface area (Å²) in [7, 11) is 0. The Morgan fingerprint density at radius 2 is 1.65 bits per heavy atom. The largest absolute Gasteiger partial charge is 0.489 e. The molecule has 0 aliphatic carbocycles. The maximum Gasteiger partial charge on any atom is 0.123 e. The normalized spacial score (nSPS) is 12.9. The third-order valence-electron chi connectivity index (χ3n) is 3.24. The lowest BCUT2D eigenvalue weighted by atomic mass is 9.80. The van der Waals surface area contributed by atoms with Crippen LogP contribution in [0.25, 0.3) is 0 Å². The molecule has 2 heteroatoms. The minimum Gasteiger partial charge on any atom is -0.489 e. The van der Waals surface area contributed by atoms with Crippen molar-refractivity contribution in [2.45, 2.75) is 52.4 Å². The molecule has 0 atom stereocenters. The summed E-state index contributed by atoms with van der Waals surface area (Å²) in [4.78, 5) is 0. The van der Waals surface area contributed by atoms with E-state index in [0.717, 1.165) is 5.75 Å². The van der Waals surface area contributed by atoms with Crippen molar-refractivity contribution in [2.24, 2.45) is 0 Å². The molecule has 0 unspecified atom stereocenters. The number of rotatable bonds is 4. The third-order valence-corrected chi connectivity index (χ3v) is 3.42. The van der Waals surface area contributed by atoms with Crippen LogP contribution in [0.5, 0.6) is 5.75 Å². The number of alkyl halides is 1. The Kier molecular flexibility index (Phi) is 5.70. The summed E-state index contributed by atoms with van der Waals surface area (Å²) in [6, 6.07) is 6.53. The van der Waals surface area contributed by atoms with Crippen LogP contribution in [0.3, 0.4) is 0 Å². The van der Waals surface area contributed by atoms with Gasteiger partial charge in [0.15, 0.2) is 0 Å². The molecule has 0 N–H and O–H groups in total. The molecule has 1 aromatic carbocycles. The molecule has 20 heavy (non-hydrogen) atoms. The molecule has 0 aromatic heterocycles. The van der Waals surface area contributed by atoms with E-state index in [1.807, 2.05) is 12.2 Å². The zero-order valence-corrected chi connectivity index (χ0v) is 14.3. The number of allylic oxidation sites excluding steroid dienone is 1. The first-order valence-corrected chi connectivity index (χ1v) is 7.68. The van der Waals surface area contributed by atoms with Crippen molar-refractivity contribution in [3.05, 3.63) is 41.5 Å². The summed E-state index contributed by atoms with van der Waals surface area (Å²) in [6.45, 7) is 13.9. The van der Waals surface area contributed by atoms with Gasteiger partial charge in [0.1, 0.15) is 12.4 Å². The fourth-order valence-corrected chi connectivity index (χ4v) is 2.10. The summed E-state index contributed by atoms with van der Waals surface area (Å²) >= 11 is 5.62. The van der Waals surface area contributed by atoms with Gasteiger partial charge in [-0.3, -0.25) is 0 Å². The van der Waals surface area contributed by atoms with Crippen LogP contribution < -0.4 is 4.74 Å². The predicted molar refractivity (Wildman–Crippen MR) is 89.2 cm³/mol. The molecule has 0 amide bonds. The Morgan fingerprint density at radius 3 is 2.15 bits per heavy atom. The fraction of sp³-hybridized carbons (Fsp3) is 0.556. The van der Waals surface area contributed by atoms with E-state index in [0.29, 0.717) is 12.5 Å². The highest BCUT2D eigenvalue weighted by Gasteiger charge is 2.22. The van der Waals surface area contributed by atoms with Crippen molar-refractivity contribution in [1.82, 2.24) is 0 Å². The van der Waals surface area contributed by atoms with Crippen molar-refractivity contribution < 1.29 is 4.74 Å². The van der Waals surface area contributed by atoms with E-state index in [9.17, 15) is 0 Å². The summed E-state index contributed by atoms with van der Waals surface area (Å²) < 4.78 is 5.89. The Bertz CT molecular complexity index is 461. The van der Waals surface area contributed by atoms with Gasteiger partial charge in [-0.1, -0.05) is 65.8 Å². The standard InChI is InChI=1S/C18H27ClO/c1-17(2,3)14-9-10-16(20-12-8-7-11-19)15(13-14)18(4,5)6/h7-10,13H,11-12H2,1-6H3. The van der Waals surface area contributed by atoms with Gasteiger partial charge in [-0.05, 0) is 28.0 Å². The van der Waals surface area contributed by atoms with Gasteiger partial charge in [-0.2, -0.15) is 0 Å². The van der Waals surface area contributed by atoms with E-state index in [4.69, 9.17) is 16.3 Å². The first-order chi connectivity index (χ1) is 9.16. The van der Waals surface area contributed by atoms with Crippen LogP contribution in [0.2, 0.25) is 0 Å². The number of halogens is 1. The molecule has 0 fully saturated rings. The Labute approximate surface area is 129 Å². The average molecular weight is 295 g/mol. The van der Waals surface area contributed by atoms with Crippen molar-refractivity contribution in [2.75, 3.05) is 12.5 Å². The number of hydrogen-bond acceptors (Lipinski definition) is 1. The quantitative estimate of drug-likeness (QED) is 0.529. The van der Waals surface area contributed by atoms with E-state index in [-0.39, 0.29) is 10.8 Å². The smallest absolute Gasteiger partial charge is 0.123 e. The highest BCUT2D eigenvalue weighted by molar-refractivity contribution is 6.18. The molecule has 1 nitrogen and oxygen atoms in total. The van der Waals surface area contributed by atoms with Crippen molar-refractivity contribution in [3.63, 3.8) is 0 Å². The summed E-state index contributed by atoms with van der Waals surface area (Å²) in [5, 5.41) is 0. The lowest BCUT2D eigenvalue weighted by Gasteiger charge is -2.27. The zero-order valence-electron chi connectivity index (χ0n) is 13.6. The third kappa shape index (κ3) is 4.86. The first-order valence-electron chi connectivity index (χ1n) is 7.15. The van der Waals surface area contributed by atoms with Gasteiger partial charge in [-0.15, -0.1) is 11.6 Å². The second kappa shape index (κ2) is 6.67. The Balaban J connectivity index is 3.08. The number of ether oxygens (including phenoxy) is 1. The van der Waals surface area contributed by atoms with Crippen molar-refractivity contribution in [3.8, 4) is 5.75 Å². The summed E-state index contributed by atoms with van der Waals surface area (Å²) in [6.07, 6.45) is 3.86. The van der Waals surface area contributed by atoms with Gasteiger partial charge in [0.2, 0.25) is 0 Å². The fourth-order valence-electron chi connectivity index (χ4n) is 1.98. The van der Waals surface area contributed by atoms with E-state index >= 15 is 0 Å². The van der Waals surface area contributed by atoms with Crippen molar-refractivity contribution >= 4 is 11.6 Å². The van der Waals surface area contributed by atoms with Crippen LogP contribution in [0.4, 0.5) is 0 Å². The molecule has 0 radical (unpaired) electrons. The Hall–Kier alpha value is -0.950. The molecular weight excluding hydrogens is 268 g/mol. The van der Waals surface area contributed by atoms with E-state index < -0.39 is 0 Å². The molecule has 1 aromatic rings. The lowest BCUT2D eigenvalue weighted by Crippen LogP contribution is -2.17. The molecule has 112 valence electrons. The van der Waals surface area contributed by atoms with Crippen molar-refractivity contribution in [1.29, 1.82) is 0 Å². The molecule has 1 rings (SSSR count). The zero-order chi connectivity index (χ0) is 15.4. The topological polar surface area (TPSA) is 9.23 Å². The molecule has 0 aliphatic rings. The van der Waals surface area contributed by atoms with Crippen LogP contribution >= 0.6 is 11.6 Å². The minimum absolute atomic E-state index is 0.0623. The molecule has 0 heterocycles. The monoisotopic (exact) mass is 294 g/mol. The van der Waals surface area contributed by atoms with E-state index in [2.05, 4.69) is 59.7 Å². The molecule has 0 bridgehead atoms. The highest BCUT2D eigenvalue weighted by Crippen LogP contribution is 2.35. The second-order valence-electron chi connectivity index (χ2n) is 7.15. The number of hydrogen-bond donors (Lipinski definition) is 0. The second-order valence-corrected chi connectivity index (χ2v) is 7.46. The summed E-state index contributed by atoms with van der Waals surface area (Å²) in [5.74, 6) is 1.49. The predicted octanol–water partition coefficient (Wildman–Crippen LogP) is 5.46. The average Bonchev–Trinajstić information content (AvgIpc) is 2.32. The van der Waals surface area contributed by atoms with Gasteiger partial charge in [0, 0.05) is 5.88 Å². The van der Waals surface area contributed by atoms with Gasteiger partial charge in [0.05, 0.1) is 0 Å². The highest BCUT2D eigenvalue weighted by atomic mass is 35.5. The lowest BCUT2D eigenvalue weighted by molar-refractivity contribution is 0.350. The SMILES string of the molecule is CC(C)(C)c1ccc(OCC=CCCl)c(C(C)(C)C)c1. The Morgan fingerprint density at radius 1 is 1.00 bits per heavy atom. The minimum atomic E-state index is 0.0623. The van der Waals surface area contributed by atoms with Crippen LogP contribution in [0.15, 0.2) is 30.4 Å². The van der Waals surface area contributed by atoms with E-state index in [1.54, 1.807) is 0 Å².